The molecule has 0 radical (unpaired) electrons. The van der Waals surface area contributed by atoms with E-state index in [9.17, 15) is 9.90 Å². The van der Waals surface area contributed by atoms with E-state index in [2.05, 4.69) is 20.6 Å². The number of rotatable bonds is 5. The maximum absolute atomic E-state index is 12.3. The fourth-order valence-electron chi connectivity index (χ4n) is 1.99. The van der Waals surface area contributed by atoms with Gasteiger partial charge in [-0.1, -0.05) is 12.1 Å². The second kappa shape index (κ2) is 7.44. The van der Waals surface area contributed by atoms with Gasteiger partial charge >= 0.3 is 0 Å². The summed E-state index contributed by atoms with van der Waals surface area (Å²) in [5, 5.41) is 22.9. The highest BCUT2D eigenvalue weighted by Crippen LogP contribution is 2.17. The van der Waals surface area contributed by atoms with Crippen LogP contribution in [-0.4, -0.2) is 23.2 Å². The Morgan fingerprint density at radius 1 is 1.33 bits per heavy atom. The van der Waals surface area contributed by atoms with Crippen molar-refractivity contribution in [2.45, 2.75) is 19.4 Å². The molecule has 0 aromatic heterocycles. The van der Waals surface area contributed by atoms with Gasteiger partial charge in [0.05, 0.1) is 11.6 Å². The van der Waals surface area contributed by atoms with Gasteiger partial charge in [0, 0.05) is 5.69 Å². The predicted molar refractivity (Wildman–Crippen MR) is 96.4 cm³/mol. The molecule has 2 atom stereocenters. The number of anilines is 1. The number of carbonyl (C=O) groups is 1. The fourth-order valence-corrected chi connectivity index (χ4v) is 2.18. The number of hydrogen-bond donors (Lipinski definition) is 2. The molecule has 0 heterocycles. The summed E-state index contributed by atoms with van der Waals surface area (Å²) in [6.45, 7) is 3.00. The molecule has 2 aromatic rings. The average molecular weight is 342 g/mol. The number of nitrogens with one attached hydrogen (secondary N) is 1. The van der Waals surface area contributed by atoms with Crippen LogP contribution in [0.3, 0.4) is 0 Å². The summed E-state index contributed by atoms with van der Waals surface area (Å²) in [6.07, 6.45) is 0. The lowest BCUT2D eigenvalue weighted by molar-refractivity contribution is -0.135. The Hall–Kier alpha value is -2.41. The average Bonchev–Trinajstić information content (AvgIpc) is 2.54. The number of nitriles is 1. The normalized spacial score (nSPS) is 12.8. The maximum atomic E-state index is 12.3. The maximum Gasteiger partial charge on any atom is 0.259 e. The molecule has 0 bridgehead atoms. The van der Waals surface area contributed by atoms with Gasteiger partial charge in [-0.25, -0.2) is 0 Å². The molecule has 0 aliphatic carbocycles. The molecule has 0 aliphatic heterocycles. The molecule has 0 aliphatic rings. The van der Waals surface area contributed by atoms with E-state index in [1.165, 1.54) is 6.92 Å². The first-order valence-electron chi connectivity index (χ1n) is 7.35. The Morgan fingerprint density at radius 2 is 2.00 bits per heavy atom. The predicted octanol–water partition coefficient (Wildman–Crippen LogP) is 2.14. The van der Waals surface area contributed by atoms with Gasteiger partial charge < -0.3 is 15.2 Å². The van der Waals surface area contributed by atoms with Crippen molar-refractivity contribution in [3.8, 4) is 11.8 Å². The summed E-state index contributed by atoms with van der Waals surface area (Å²) in [7, 11) is 2.57. The summed E-state index contributed by atoms with van der Waals surface area (Å²) < 4.78 is 5.48. The molecule has 5 nitrogen and oxygen atoms in total. The summed E-state index contributed by atoms with van der Waals surface area (Å²) in [5.74, 6) is -0.00207. The van der Waals surface area contributed by atoms with Crippen LogP contribution < -0.4 is 15.4 Å². The number of amides is 1. The topological polar surface area (TPSA) is 82.3 Å². The van der Waals surface area contributed by atoms with Gasteiger partial charge in [0.25, 0.3) is 5.91 Å². The van der Waals surface area contributed by atoms with Crippen LogP contribution in [0.2, 0.25) is 0 Å². The minimum atomic E-state index is -1.69. The molecule has 2 rings (SSSR count). The van der Waals surface area contributed by atoms with E-state index in [-0.39, 0.29) is 6.61 Å². The monoisotopic (exact) mass is 342 g/mol. The lowest BCUT2D eigenvalue weighted by Crippen LogP contribution is -2.45. The van der Waals surface area contributed by atoms with E-state index < -0.39 is 11.5 Å². The van der Waals surface area contributed by atoms with E-state index in [4.69, 9.17) is 10.00 Å². The quantitative estimate of drug-likeness (QED) is 0.816. The highest BCUT2D eigenvalue weighted by atomic mass is 31.0. The van der Waals surface area contributed by atoms with Crippen molar-refractivity contribution in [1.82, 2.24) is 0 Å². The zero-order chi connectivity index (χ0) is 17.7. The van der Waals surface area contributed by atoms with Gasteiger partial charge in [0.2, 0.25) is 0 Å². The van der Waals surface area contributed by atoms with Crippen LogP contribution in [0.1, 0.15) is 18.1 Å². The Labute approximate surface area is 143 Å². The Bertz CT molecular complexity index is 780. The van der Waals surface area contributed by atoms with Crippen molar-refractivity contribution >= 4 is 26.1 Å². The van der Waals surface area contributed by atoms with Crippen molar-refractivity contribution in [3.63, 3.8) is 0 Å². The largest absolute Gasteiger partial charge is 0.490 e. The van der Waals surface area contributed by atoms with E-state index in [1.807, 2.05) is 12.1 Å². The molecule has 0 saturated carbocycles. The number of hydrogen-bond acceptors (Lipinski definition) is 4. The van der Waals surface area contributed by atoms with Crippen molar-refractivity contribution in [2.75, 3.05) is 11.9 Å². The second-order valence-electron chi connectivity index (χ2n) is 5.73. The second-order valence-corrected chi connectivity index (χ2v) is 6.39. The number of benzene rings is 2. The first-order valence-corrected chi connectivity index (χ1v) is 7.92. The molecule has 1 amide bonds. The standard InChI is InChI=1S/C18H19N2O3P/c1-12-9-14(4-3-13(12)10-19)20-17(21)18(2,22)11-23-15-5-7-16(24)8-6-15/h3-9,22H,11,24H2,1-2H3,(H,20,21)/t18-/m0/s1. The molecule has 2 aromatic carbocycles. The summed E-state index contributed by atoms with van der Waals surface area (Å²) in [6, 6.07) is 14.2. The number of ether oxygens (including phenoxy) is 1. The van der Waals surface area contributed by atoms with Gasteiger partial charge in [-0.3, -0.25) is 4.79 Å². The van der Waals surface area contributed by atoms with Gasteiger partial charge in [-0.2, -0.15) is 5.26 Å². The molecule has 0 fully saturated rings. The molecule has 6 heteroatoms. The third kappa shape index (κ3) is 4.55. The van der Waals surface area contributed by atoms with Crippen LogP contribution in [0.25, 0.3) is 0 Å². The number of nitrogens with zero attached hydrogens (tertiary/aromatic N) is 1. The highest BCUT2D eigenvalue weighted by Gasteiger charge is 2.31. The SMILES string of the molecule is Cc1cc(NC(=O)[C@@](C)(O)COc2ccc(P)cc2)ccc1C#N. The Balaban J connectivity index is 2.00. The Kier molecular flexibility index (Phi) is 5.56. The van der Waals surface area contributed by atoms with E-state index in [0.717, 1.165) is 10.9 Å². The van der Waals surface area contributed by atoms with Crippen molar-refractivity contribution < 1.29 is 14.6 Å². The van der Waals surface area contributed by atoms with Crippen LogP contribution in [0.15, 0.2) is 42.5 Å². The van der Waals surface area contributed by atoms with Crippen LogP contribution in [0.5, 0.6) is 5.75 Å². The number of carbonyl (C=O) groups excluding carboxylic acids is 1. The van der Waals surface area contributed by atoms with Crippen LogP contribution in [0, 0.1) is 18.3 Å². The van der Waals surface area contributed by atoms with E-state index in [1.54, 1.807) is 37.3 Å². The van der Waals surface area contributed by atoms with E-state index >= 15 is 0 Å². The summed E-state index contributed by atoms with van der Waals surface area (Å²) >= 11 is 0. The van der Waals surface area contributed by atoms with E-state index in [0.29, 0.717) is 17.0 Å². The van der Waals surface area contributed by atoms with Crippen LogP contribution >= 0.6 is 9.24 Å². The van der Waals surface area contributed by atoms with Crippen LogP contribution in [-0.2, 0) is 4.79 Å². The molecule has 2 N–H and O–H groups in total. The lowest BCUT2D eigenvalue weighted by atomic mass is 10.1. The summed E-state index contributed by atoms with van der Waals surface area (Å²) in [5.41, 5.74) is 0.120. The minimum Gasteiger partial charge on any atom is -0.490 e. The first kappa shape index (κ1) is 17.9. The third-order valence-corrected chi connectivity index (χ3v) is 3.88. The van der Waals surface area contributed by atoms with Gasteiger partial charge in [-0.15, -0.1) is 9.24 Å². The highest BCUT2D eigenvalue weighted by molar-refractivity contribution is 7.27. The third-order valence-electron chi connectivity index (χ3n) is 3.49. The van der Waals surface area contributed by atoms with Crippen LogP contribution in [0.4, 0.5) is 5.69 Å². The Morgan fingerprint density at radius 3 is 2.58 bits per heavy atom. The van der Waals surface area contributed by atoms with Gasteiger partial charge in [0.1, 0.15) is 12.4 Å². The molecule has 0 saturated heterocycles. The molecule has 0 spiro atoms. The smallest absolute Gasteiger partial charge is 0.259 e. The first-order chi connectivity index (χ1) is 11.3. The van der Waals surface area contributed by atoms with Gasteiger partial charge in [0.15, 0.2) is 5.60 Å². The molecule has 24 heavy (non-hydrogen) atoms. The molecular formula is C18H19N2O3P. The zero-order valence-electron chi connectivity index (χ0n) is 13.5. The van der Waals surface area contributed by atoms with Crippen molar-refractivity contribution in [1.29, 1.82) is 5.26 Å². The number of aryl methyl sites for hydroxylation is 1. The molecular weight excluding hydrogens is 323 g/mol. The molecule has 124 valence electrons. The fraction of sp³-hybridized carbons (Fsp3) is 0.222. The zero-order valence-corrected chi connectivity index (χ0v) is 14.7. The van der Waals surface area contributed by atoms with Gasteiger partial charge in [-0.05, 0) is 55.0 Å². The number of aliphatic hydroxyl groups is 1. The van der Waals surface area contributed by atoms with Crippen molar-refractivity contribution in [2.24, 2.45) is 0 Å². The summed E-state index contributed by atoms with van der Waals surface area (Å²) in [4.78, 5) is 12.3. The molecule has 1 unspecified atom stereocenters. The lowest BCUT2D eigenvalue weighted by Gasteiger charge is -2.22. The minimum absolute atomic E-state index is 0.176. The van der Waals surface area contributed by atoms with Crippen molar-refractivity contribution in [3.05, 3.63) is 53.6 Å².